The van der Waals surface area contributed by atoms with Gasteiger partial charge in [0.15, 0.2) is 11.5 Å². The highest BCUT2D eigenvalue weighted by molar-refractivity contribution is 5.83. The Balaban J connectivity index is 1.93. The molecule has 0 fully saturated rings. The van der Waals surface area contributed by atoms with Gasteiger partial charge in [0.25, 0.3) is 0 Å². The van der Waals surface area contributed by atoms with Crippen LogP contribution in [0.15, 0.2) is 54.9 Å². The number of methoxy groups -OCH3 is 3. The van der Waals surface area contributed by atoms with E-state index in [0.717, 1.165) is 33.9 Å². The summed E-state index contributed by atoms with van der Waals surface area (Å²) in [6.45, 7) is 2.55. The minimum Gasteiger partial charge on any atom is -0.496 e. The number of hydrogen-bond donors (Lipinski definition) is 1. The Hall–Kier alpha value is -3.74. The highest BCUT2D eigenvalue weighted by Crippen LogP contribution is 2.43. The molecule has 2 aromatic heterocycles. The molecule has 0 spiro atoms. The van der Waals surface area contributed by atoms with E-state index in [0.29, 0.717) is 23.8 Å². The second kappa shape index (κ2) is 8.32. The summed E-state index contributed by atoms with van der Waals surface area (Å²) in [7, 11) is 4.87. The lowest BCUT2D eigenvalue weighted by molar-refractivity contribution is 0.349. The van der Waals surface area contributed by atoms with Gasteiger partial charge < -0.3 is 18.8 Å². The summed E-state index contributed by atoms with van der Waals surface area (Å²) in [4.78, 5) is 4.74. The molecule has 0 radical (unpaired) electrons. The van der Waals surface area contributed by atoms with E-state index in [9.17, 15) is 0 Å². The third kappa shape index (κ3) is 3.61. The smallest absolute Gasteiger partial charge is 0.164 e. The largest absolute Gasteiger partial charge is 0.496 e. The Bertz CT molecular complexity index is 1150. The zero-order chi connectivity index (χ0) is 21.1. The Morgan fingerprint density at radius 1 is 0.900 bits per heavy atom. The van der Waals surface area contributed by atoms with Gasteiger partial charge in [-0.1, -0.05) is 30.3 Å². The van der Waals surface area contributed by atoms with Gasteiger partial charge in [0, 0.05) is 22.9 Å². The van der Waals surface area contributed by atoms with Crippen LogP contribution < -0.4 is 14.2 Å². The molecule has 0 bridgehead atoms. The fourth-order valence-electron chi connectivity index (χ4n) is 3.54. The fourth-order valence-corrected chi connectivity index (χ4v) is 3.54. The number of nitrogens with zero attached hydrogens (tertiary/aromatic N) is 3. The summed E-state index contributed by atoms with van der Waals surface area (Å²) in [6, 6.07) is 15.9. The lowest BCUT2D eigenvalue weighted by Gasteiger charge is -2.16. The van der Waals surface area contributed by atoms with E-state index in [-0.39, 0.29) is 0 Å². The molecular formula is C23H24N4O3. The summed E-state index contributed by atoms with van der Waals surface area (Å²) >= 11 is 0. The average Bonchev–Trinajstić information content (AvgIpc) is 3.39. The Morgan fingerprint density at radius 3 is 2.23 bits per heavy atom. The predicted molar refractivity (Wildman–Crippen MR) is 115 cm³/mol. The van der Waals surface area contributed by atoms with Crippen molar-refractivity contribution < 1.29 is 14.2 Å². The lowest BCUT2D eigenvalue weighted by Crippen LogP contribution is -2.03. The molecule has 2 aromatic carbocycles. The number of nitrogens with one attached hydrogen (secondary N) is 1. The number of rotatable bonds is 7. The van der Waals surface area contributed by atoms with Crippen LogP contribution in [0.5, 0.6) is 17.2 Å². The summed E-state index contributed by atoms with van der Waals surface area (Å²) in [5.74, 6) is 1.90. The molecule has 154 valence electrons. The zero-order valence-corrected chi connectivity index (χ0v) is 17.5. The second-order valence-electron chi connectivity index (χ2n) is 6.89. The Morgan fingerprint density at radius 2 is 1.60 bits per heavy atom. The monoisotopic (exact) mass is 404 g/mol. The van der Waals surface area contributed by atoms with Crippen molar-refractivity contribution in [3.05, 3.63) is 66.2 Å². The first-order valence-corrected chi connectivity index (χ1v) is 9.56. The molecule has 7 heteroatoms. The van der Waals surface area contributed by atoms with Gasteiger partial charge in [-0.25, -0.2) is 4.98 Å². The quantitative estimate of drug-likeness (QED) is 0.496. The van der Waals surface area contributed by atoms with Crippen LogP contribution in [0.3, 0.4) is 0 Å². The fraction of sp³-hybridized carbons (Fsp3) is 0.217. The van der Waals surface area contributed by atoms with Gasteiger partial charge in [0.2, 0.25) is 0 Å². The molecule has 30 heavy (non-hydrogen) atoms. The topological polar surface area (TPSA) is 74.2 Å². The Kier molecular flexibility index (Phi) is 5.43. The van der Waals surface area contributed by atoms with Crippen molar-refractivity contribution in [2.45, 2.75) is 13.5 Å². The number of hydrogen-bond acceptors (Lipinski definition) is 5. The van der Waals surface area contributed by atoms with E-state index in [1.807, 2.05) is 61.8 Å². The number of aryl methyl sites for hydroxylation is 1. The van der Waals surface area contributed by atoms with Crippen molar-refractivity contribution in [2.24, 2.45) is 0 Å². The maximum absolute atomic E-state index is 5.71. The second-order valence-corrected chi connectivity index (χ2v) is 6.89. The molecular weight excluding hydrogens is 380 g/mol. The highest BCUT2D eigenvalue weighted by atomic mass is 16.5. The molecule has 4 rings (SSSR count). The van der Waals surface area contributed by atoms with Gasteiger partial charge in [0.1, 0.15) is 5.75 Å². The van der Waals surface area contributed by atoms with E-state index in [1.54, 1.807) is 21.3 Å². The van der Waals surface area contributed by atoms with Crippen molar-refractivity contribution in [1.82, 2.24) is 19.7 Å². The Labute approximate surface area is 175 Å². The van der Waals surface area contributed by atoms with Gasteiger partial charge >= 0.3 is 0 Å². The SMILES string of the molecule is COc1cc(OC)c(-c2c(-c3ccccc3)ncn2Cc2cc(C)[nH]n2)cc1OC. The van der Waals surface area contributed by atoms with Gasteiger partial charge in [-0.15, -0.1) is 0 Å². The first-order valence-electron chi connectivity index (χ1n) is 9.56. The number of imidazole rings is 1. The molecule has 0 atom stereocenters. The molecule has 0 saturated heterocycles. The predicted octanol–water partition coefficient (Wildman–Crippen LogP) is 4.32. The minimum absolute atomic E-state index is 0.566. The summed E-state index contributed by atoms with van der Waals surface area (Å²) in [5, 5.41) is 7.38. The third-order valence-electron chi connectivity index (χ3n) is 4.94. The van der Waals surface area contributed by atoms with Crippen LogP contribution in [0, 0.1) is 6.92 Å². The van der Waals surface area contributed by atoms with Crippen LogP contribution in [-0.4, -0.2) is 41.1 Å². The minimum atomic E-state index is 0.566. The van der Waals surface area contributed by atoms with E-state index < -0.39 is 0 Å². The first kappa shape index (κ1) is 19.6. The van der Waals surface area contributed by atoms with Crippen LogP contribution in [0.2, 0.25) is 0 Å². The van der Waals surface area contributed by atoms with Crippen molar-refractivity contribution in [1.29, 1.82) is 0 Å². The molecule has 4 aromatic rings. The number of H-pyrrole nitrogens is 1. The normalized spacial score (nSPS) is 10.8. The van der Waals surface area contributed by atoms with Gasteiger partial charge in [-0.05, 0) is 19.1 Å². The summed E-state index contributed by atoms with van der Waals surface area (Å²) in [5.41, 5.74) is 5.58. The summed E-state index contributed by atoms with van der Waals surface area (Å²) in [6.07, 6.45) is 1.83. The molecule has 2 heterocycles. The van der Waals surface area contributed by atoms with Gasteiger partial charge in [-0.3, -0.25) is 5.10 Å². The van der Waals surface area contributed by atoms with Crippen molar-refractivity contribution >= 4 is 0 Å². The highest BCUT2D eigenvalue weighted by Gasteiger charge is 2.22. The van der Waals surface area contributed by atoms with Gasteiger partial charge in [-0.2, -0.15) is 5.10 Å². The standard InChI is InChI=1S/C23H24N4O3/c1-15-10-17(26-25-15)13-27-14-24-22(16-8-6-5-7-9-16)23(27)18-11-20(29-3)21(30-4)12-19(18)28-2/h5-12,14H,13H2,1-4H3,(H,25,26). The van der Waals surface area contributed by atoms with E-state index in [1.165, 1.54) is 0 Å². The number of aromatic nitrogens is 4. The van der Waals surface area contributed by atoms with Crippen LogP contribution in [0.1, 0.15) is 11.4 Å². The van der Waals surface area contributed by atoms with Crippen molar-refractivity contribution in [3.63, 3.8) is 0 Å². The van der Waals surface area contributed by atoms with Crippen LogP contribution in [0.4, 0.5) is 0 Å². The van der Waals surface area contributed by atoms with Crippen molar-refractivity contribution in [2.75, 3.05) is 21.3 Å². The summed E-state index contributed by atoms with van der Waals surface area (Å²) < 4.78 is 18.8. The van der Waals surface area contributed by atoms with Crippen LogP contribution >= 0.6 is 0 Å². The molecule has 0 unspecified atom stereocenters. The molecule has 0 aliphatic carbocycles. The van der Waals surface area contributed by atoms with E-state index in [2.05, 4.69) is 14.8 Å². The molecule has 1 N–H and O–H groups in total. The van der Waals surface area contributed by atoms with Crippen LogP contribution in [-0.2, 0) is 6.54 Å². The molecule has 0 aliphatic rings. The van der Waals surface area contributed by atoms with E-state index >= 15 is 0 Å². The van der Waals surface area contributed by atoms with Gasteiger partial charge in [0.05, 0.1) is 51.3 Å². The molecule has 0 aliphatic heterocycles. The third-order valence-corrected chi connectivity index (χ3v) is 4.94. The van der Waals surface area contributed by atoms with E-state index in [4.69, 9.17) is 19.2 Å². The maximum atomic E-state index is 5.71. The lowest BCUT2D eigenvalue weighted by atomic mass is 10.0. The van der Waals surface area contributed by atoms with Crippen LogP contribution in [0.25, 0.3) is 22.5 Å². The number of ether oxygens (including phenoxy) is 3. The molecule has 0 saturated carbocycles. The first-order chi connectivity index (χ1) is 14.6. The average molecular weight is 404 g/mol. The zero-order valence-electron chi connectivity index (χ0n) is 17.5. The molecule has 0 amide bonds. The van der Waals surface area contributed by atoms with Crippen molar-refractivity contribution in [3.8, 4) is 39.8 Å². The number of aromatic amines is 1. The maximum Gasteiger partial charge on any atom is 0.164 e. The number of benzene rings is 2. The molecule has 7 nitrogen and oxygen atoms in total.